The molecule has 0 aliphatic carbocycles. The Labute approximate surface area is 96.6 Å². The summed E-state index contributed by atoms with van der Waals surface area (Å²) in [6.07, 6.45) is 0. The first-order valence-corrected chi connectivity index (χ1v) is 5.19. The van der Waals surface area contributed by atoms with Crippen molar-refractivity contribution >= 4 is 0 Å². The minimum absolute atomic E-state index is 0.108. The molecule has 0 amide bonds. The van der Waals surface area contributed by atoms with E-state index in [0.717, 1.165) is 24.7 Å². The number of hydrogen-bond donors (Lipinski definition) is 1. The van der Waals surface area contributed by atoms with Crippen LogP contribution in [0.4, 0.5) is 8.78 Å². The average Bonchev–Trinajstić information content (AvgIpc) is 2.73. The number of aromatic nitrogens is 2. The van der Waals surface area contributed by atoms with Crippen LogP contribution in [0.1, 0.15) is 12.7 Å². The fraction of sp³-hybridized carbons (Fsp3) is 0.273. The van der Waals surface area contributed by atoms with E-state index in [1.807, 2.05) is 6.92 Å². The first-order valence-electron chi connectivity index (χ1n) is 5.19. The molecule has 1 N–H and O–H groups in total. The average molecular weight is 239 g/mol. The highest BCUT2D eigenvalue weighted by Gasteiger charge is 2.10. The highest BCUT2D eigenvalue weighted by Crippen LogP contribution is 2.19. The molecule has 0 atom stereocenters. The standard InChI is InChI=1S/C11H11F2N3O/c1-2-14-6-10-15-11(17-16-10)7-3-8(12)5-9(13)4-7/h3-5,14H,2,6H2,1H3. The van der Waals surface area contributed by atoms with Crippen LogP contribution >= 0.6 is 0 Å². The fourth-order valence-electron chi connectivity index (χ4n) is 1.36. The zero-order valence-corrected chi connectivity index (χ0v) is 9.20. The molecule has 0 radical (unpaired) electrons. The van der Waals surface area contributed by atoms with Crippen molar-refractivity contribution in [3.63, 3.8) is 0 Å². The zero-order chi connectivity index (χ0) is 12.3. The Kier molecular flexibility index (Phi) is 3.43. The van der Waals surface area contributed by atoms with E-state index in [-0.39, 0.29) is 11.5 Å². The number of halogens is 2. The molecule has 4 nitrogen and oxygen atoms in total. The summed E-state index contributed by atoms with van der Waals surface area (Å²) in [7, 11) is 0. The molecule has 6 heteroatoms. The third-order valence-corrected chi connectivity index (χ3v) is 2.11. The SMILES string of the molecule is CCNCc1noc(-c2cc(F)cc(F)c2)n1. The van der Waals surface area contributed by atoms with Crippen LogP contribution in [0.15, 0.2) is 22.7 Å². The molecule has 0 saturated heterocycles. The molecule has 0 spiro atoms. The molecule has 17 heavy (non-hydrogen) atoms. The highest BCUT2D eigenvalue weighted by molar-refractivity contribution is 5.52. The van der Waals surface area contributed by atoms with Crippen molar-refractivity contribution in [3.8, 4) is 11.5 Å². The van der Waals surface area contributed by atoms with Crippen LogP contribution in [0.25, 0.3) is 11.5 Å². The van der Waals surface area contributed by atoms with Crippen molar-refractivity contribution in [1.82, 2.24) is 15.5 Å². The second-order valence-corrected chi connectivity index (χ2v) is 3.45. The van der Waals surface area contributed by atoms with Crippen molar-refractivity contribution in [3.05, 3.63) is 35.7 Å². The van der Waals surface area contributed by atoms with Gasteiger partial charge in [0.1, 0.15) is 11.6 Å². The smallest absolute Gasteiger partial charge is 0.258 e. The zero-order valence-electron chi connectivity index (χ0n) is 9.20. The van der Waals surface area contributed by atoms with Gasteiger partial charge in [-0.2, -0.15) is 4.98 Å². The van der Waals surface area contributed by atoms with E-state index in [0.29, 0.717) is 12.4 Å². The van der Waals surface area contributed by atoms with Crippen molar-refractivity contribution in [2.24, 2.45) is 0 Å². The van der Waals surface area contributed by atoms with Gasteiger partial charge in [0.25, 0.3) is 5.89 Å². The largest absolute Gasteiger partial charge is 0.334 e. The van der Waals surface area contributed by atoms with Crippen molar-refractivity contribution in [2.45, 2.75) is 13.5 Å². The number of nitrogens with one attached hydrogen (secondary N) is 1. The van der Waals surface area contributed by atoms with Crippen LogP contribution in [0.3, 0.4) is 0 Å². The minimum atomic E-state index is -0.675. The van der Waals surface area contributed by atoms with E-state index >= 15 is 0 Å². The van der Waals surface area contributed by atoms with Gasteiger partial charge < -0.3 is 9.84 Å². The maximum absolute atomic E-state index is 13.0. The summed E-state index contributed by atoms with van der Waals surface area (Å²) in [5, 5.41) is 6.71. The van der Waals surface area contributed by atoms with Gasteiger partial charge in [0.15, 0.2) is 5.82 Å². The summed E-state index contributed by atoms with van der Waals surface area (Å²) in [6, 6.07) is 3.08. The van der Waals surface area contributed by atoms with Gasteiger partial charge in [-0.05, 0) is 18.7 Å². The van der Waals surface area contributed by atoms with Gasteiger partial charge in [0.2, 0.25) is 0 Å². The molecule has 0 unspecified atom stereocenters. The van der Waals surface area contributed by atoms with E-state index in [9.17, 15) is 8.78 Å². The predicted octanol–water partition coefficient (Wildman–Crippen LogP) is 2.12. The summed E-state index contributed by atoms with van der Waals surface area (Å²) in [5.74, 6) is -0.791. The molecule has 0 saturated carbocycles. The lowest BCUT2D eigenvalue weighted by Crippen LogP contribution is -2.12. The summed E-state index contributed by atoms with van der Waals surface area (Å²) >= 11 is 0. The second-order valence-electron chi connectivity index (χ2n) is 3.45. The van der Waals surface area contributed by atoms with Crippen molar-refractivity contribution < 1.29 is 13.3 Å². The molecular formula is C11H11F2N3O. The maximum atomic E-state index is 13.0. The van der Waals surface area contributed by atoms with E-state index in [1.54, 1.807) is 0 Å². The van der Waals surface area contributed by atoms with Gasteiger partial charge >= 0.3 is 0 Å². The summed E-state index contributed by atoms with van der Waals surface area (Å²) < 4.78 is 30.9. The minimum Gasteiger partial charge on any atom is -0.334 e. The Hall–Kier alpha value is -1.82. The molecule has 90 valence electrons. The maximum Gasteiger partial charge on any atom is 0.258 e. The summed E-state index contributed by atoms with van der Waals surface area (Å²) in [4.78, 5) is 4.03. The Morgan fingerprint density at radius 2 is 1.94 bits per heavy atom. The van der Waals surface area contributed by atoms with Gasteiger partial charge in [0, 0.05) is 11.6 Å². The first kappa shape index (κ1) is 11.7. The van der Waals surface area contributed by atoms with Crippen LogP contribution in [0, 0.1) is 11.6 Å². The van der Waals surface area contributed by atoms with Crippen LogP contribution < -0.4 is 5.32 Å². The third-order valence-electron chi connectivity index (χ3n) is 2.11. The van der Waals surface area contributed by atoms with E-state index < -0.39 is 11.6 Å². The quantitative estimate of drug-likeness (QED) is 0.887. The molecule has 1 aromatic carbocycles. The predicted molar refractivity (Wildman–Crippen MR) is 57.0 cm³/mol. The lowest BCUT2D eigenvalue weighted by atomic mass is 10.2. The van der Waals surface area contributed by atoms with Crippen molar-refractivity contribution in [1.29, 1.82) is 0 Å². The number of benzene rings is 1. The summed E-state index contributed by atoms with van der Waals surface area (Å²) in [6.45, 7) is 3.18. The number of nitrogens with zero attached hydrogens (tertiary/aromatic N) is 2. The number of rotatable bonds is 4. The monoisotopic (exact) mass is 239 g/mol. The number of hydrogen-bond acceptors (Lipinski definition) is 4. The first-order chi connectivity index (χ1) is 8.19. The van der Waals surface area contributed by atoms with Gasteiger partial charge in [-0.15, -0.1) is 0 Å². The molecule has 0 aliphatic heterocycles. The van der Waals surface area contributed by atoms with Gasteiger partial charge in [-0.1, -0.05) is 12.1 Å². The summed E-state index contributed by atoms with van der Waals surface area (Å²) in [5.41, 5.74) is 0.234. The molecule has 1 heterocycles. The Balaban J connectivity index is 2.24. The van der Waals surface area contributed by atoms with E-state index in [1.165, 1.54) is 0 Å². The van der Waals surface area contributed by atoms with Crippen LogP contribution in [0.5, 0.6) is 0 Å². The molecule has 0 fully saturated rings. The lowest BCUT2D eigenvalue weighted by molar-refractivity contribution is 0.419. The Morgan fingerprint density at radius 1 is 1.24 bits per heavy atom. The Bertz CT molecular complexity index is 493. The van der Waals surface area contributed by atoms with E-state index in [2.05, 4.69) is 15.5 Å². The third kappa shape index (κ3) is 2.85. The van der Waals surface area contributed by atoms with Crippen LogP contribution in [-0.2, 0) is 6.54 Å². The Morgan fingerprint density at radius 3 is 2.59 bits per heavy atom. The van der Waals surface area contributed by atoms with Gasteiger partial charge in [-0.25, -0.2) is 8.78 Å². The lowest BCUT2D eigenvalue weighted by Gasteiger charge is -1.95. The molecule has 1 aromatic heterocycles. The normalized spacial score (nSPS) is 10.8. The molecule has 0 bridgehead atoms. The molecule has 0 aliphatic rings. The molecule has 2 rings (SSSR count). The highest BCUT2D eigenvalue weighted by atomic mass is 19.1. The topological polar surface area (TPSA) is 51.0 Å². The van der Waals surface area contributed by atoms with Gasteiger partial charge in [0.05, 0.1) is 6.54 Å². The fourth-order valence-corrected chi connectivity index (χ4v) is 1.36. The molecular weight excluding hydrogens is 228 g/mol. The van der Waals surface area contributed by atoms with E-state index in [4.69, 9.17) is 4.52 Å². The van der Waals surface area contributed by atoms with Crippen LogP contribution in [0.2, 0.25) is 0 Å². The van der Waals surface area contributed by atoms with Crippen LogP contribution in [-0.4, -0.2) is 16.7 Å². The second kappa shape index (κ2) is 5.01. The van der Waals surface area contributed by atoms with Gasteiger partial charge in [-0.3, -0.25) is 0 Å². The van der Waals surface area contributed by atoms with Crippen molar-refractivity contribution in [2.75, 3.05) is 6.54 Å². The molecule has 2 aromatic rings.